The van der Waals surface area contributed by atoms with E-state index in [4.69, 9.17) is 10.5 Å². The Morgan fingerprint density at radius 3 is 2.27 bits per heavy atom. The fourth-order valence-corrected chi connectivity index (χ4v) is 2.22. The molecule has 0 bridgehead atoms. The summed E-state index contributed by atoms with van der Waals surface area (Å²) in [6.07, 6.45) is 0. The van der Waals surface area contributed by atoms with Crippen molar-refractivity contribution in [2.45, 2.75) is 13.0 Å². The summed E-state index contributed by atoms with van der Waals surface area (Å²) >= 11 is 0. The van der Waals surface area contributed by atoms with E-state index >= 15 is 0 Å². The first-order valence-electron chi connectivity index (χ1n) is 7.92. The van der Waals surface area contributed by atoms with E-state index in [-0.39, 0.29) is 31.0 Å². The number of rotatable bonds is 7. The van der Waals surface area contributed by atoms with Crippen molar-refractivity contribution < 1.29 is 19.1 Å². The second-order valence-electron chi connectivity index (χ2n) is 5.60. The molecule has 2 aromatic rings. The fraction of sp³-hybridized carbons (Fsp3) is 0.263. The van der Waals surface area contributed by atoms with Crippen LogP contribution in [0.5, 0.6) is 5.75 Å². The Morgan fingerprint density at radius 1 is 1.08 bits per heavy atom. The zero-order valence-corrected chi connectivity index (χ0v) is 15.5. The summed E-state index contributed by atoms with van der Waals surface area (Å²) < 4.78 is 9.76. The first kappa shape index (κ1) is 21.5. The van der Waals surface area contributed by atoms with E-state index in [1.807, 2.05) is 30.3 Å². The number of ether oxygens (including phenoxy) is 2. The second kappa shape index (κ2) is 10.4. The molecule has 140 valence electrons. The van der Waals surface area contributed by atoms with Crippen LogP contribution in [0.4, 0.5) is 5.69 Å². The van der Waals surface area contributed by atoms with E-state index in [2.05, 4.69) is 10.1 Å². The number of halogens is 1. The van der Waals surface area contributed by atoms with Crippen LogP contribution in [-0.2, 0) is 14.3 Å². The van der Waals surface area contributed by atoms with E-state index in [0.717, 1.165) is 5.56 Å². The molecule has 6 nitrogen and oxygen atoms in total. The van der Waals surface area contributed by atoms with Gasteiger partial charge >= 0.3 is 5.97 Å². The second-order valence-corrected chi connectivity index (χ2v) is 5.60. The van der Waals surface area contributed by atoms with Gasteiger partial charge in [0, 0.05) is 11.7 Å². The molecule has 0 fully saturated rings. The Balaban J connectivity index is 0.00000338. The number of amides is 1. The molecule has 0 aliphatic carbocycles. The van der Waals surface area contributed by atoms with Crippen LogP contribution in [0.1, 0.15) is 18.5 Å². The number of anilines is 1. The molecule has 0 aliphatic heterocycles. The van der Waals surface area contributed by atoms with Crippen LogP contribution in [0.3, 0.4) is 0 Å². The molecule has 0 saturated carbocycles. The molecular weight excluding hydrogens is 356 g/mol. The number of carbonyl (C=O) groups excluding carboxylic acids is 2. The Labute approximate surface area is 159 Å². The molecule has 0 saturated heterocycles. The third kappa shape index (κ3) is 6.06. The molecule has 0 aliphatic rings. The lowest BCUT2D eigenvalue weighted by molar-refractivity contribution is -0.142. The SMILES string of the molecule is COC(=O)COc1ccc(NC(=O)C(C)C(N)c2ccccc2)cc1.Cl. The van der Waals surface area contributed by atoms with Gasteiger partial charge in [0.2, 0.25) is 5.91 Å². The summed E-state index contributed by atoms with van der Waals surface area (Å²) in [5.41, 5.74) is 7.71. The van der Waals surface area contributed by atoms with Gasteiger partial charge in [-0.25, -0.2) is 4.79 Å². The number of carbonyl (C=O) groups is 2. The summed E-state index contributed by atoms with van der Waals surface area (Å²) in [6.45, 7) is 1.63. The van der Waals surface area contributed by atoms with Gasteiger partial charge in [0.25, 0.3) is 0 Å². The molecule has 0 heterocycles. The zero-order valence-electron chi connectivity index (χ0n) is 14.7. The third-order valence-electron chi connectivity index (χ3n) is 3.84. The average molecular weight is 379 g/mol. The molecule has 2 rings (SSSR count). The first-order chi connectivity index (χ1) is 12.0. The van der Waals surface area contributed by atoms with E-state index in [9.17, 15) is 9.59 Å². The highest BCUT2D eigenvalue weighted by molar-refractivity contribution is 5.92. The molecular formula is C19H23ClN2O4. The van der Waals surface area contributed by atoms with Crippen LogP contribution in [0, 0.1) is 5.92 Å². The van der Waals surface area contributed by atoms with Crippen molar-refractivity contribution in [3.8, 4) is 5.75 Å². The Morgan fingerprint density at radius 2 is 1.69 bits per heavy atom. The number of methoxy groups -OCH3 is 1. The number of hydrogen-bond acceptors (Lipinski definition) is 5. The number of nitrogens with one attached hydrogen (secondary N) is 1. The van der Waals surface area contributed by atoms with E-state index in [1.54, 1.807) is 31.2 Å². The molecule has 1 amide bonds. The van der Waals surface area contributed by atoms with Crippen LogP contribution >= 0.6 is 12.4 Å². The summed E-state index contributed by atoms with van der Waals surface area (Å²) in [4.78, 5) is 23.4. The predicted molar refractivity (Wildman–Crippen MR) is 102 cm³/mol. The molecule has 0 spiro atoms. The highest BCUT2D eigenvalue weighted by Gasteiger charge is 2.22. The number of esters is 1. The molecule has 2 aromatic carbocycles. The topological polar surface area (TPSA) is 90.6 Å². The number of nitrogens with two attached hydrogens (primary N) is 1. The van der Waals surface area contributed by atoms with Crippen molar-refractivity contribution in [1.82, 2.24) is 0 Å². The van der Waals surface area contributed by atoms with Crippen molar-refractivity contribution in [2.75, 3.05) is 19.0 Å². The smallest absolute Gasteiger partial charge is 0.343 e. The minimum atomic E-state index is -0.457. The number of benzene rings is 2. The molecule has 0 radical (unpaired) electrons. The summed E-state index contributed by atoms with van der Waals surface area (Å²) in [6, 6.07) is 15.9. The van der Waals surface area contributed by atoms with Gasteiger partial charge in [0.05, 0.1) is 13.0 Å². The lowest BCUT2D eigenvalue weighted by Gasteiger charge is -2.20. The molecule has 26 heavy (non-hydrogen) atoms. The fourth-order valence-electron chi connectivity index (χ4n) is 2.22. The molecule has 3 N–H and O–H groups in total. The van der Waals surface area contributed by atoms with Crippen molar-refractivity contribution in [3.63, 3.8) is 0 Å². The van der Waals surface area contributed by atoms with Crippen LogP contribution in [0.15, 0.2) is 54.6 Å². The normalized spacial score (nSPS) is 12.3. The quantitative estimate of drug-likeness (QED) is 0.723. The van der Waals surface area contributed by atoms with E-state index in [0.29, 0.717) is 11.4 Å². The van der Waals surface area contributed by atoms with Crippen molar-refractivity contribution >= 4 is 30.0 Å². The van der Waals surface area contributed by atoms with Gasteiger partial charge in [-0.15, -0.1) is 12.4 Å². The monoisotopic (exact) mass is 378 g/mol. The number of hydrogen-bond donors (Lipinski definition) is 2. The maximum absolute atomic E-state index is 12.4. The van der Waals surface area contributed by atoms with Crippen LogP contribution in [-0.4, -0.2) is 25.6 Å². The van der Waals surface area contributed by atoms with Gasteiger partial charge in [-0.05, 0) is 29.8 Å². The van der Waals surface area contributed by atoms with Gasteiger partial charge in [-0.3, -0.25) is 4.79 Å². The minimum absolute atomic E-state index is 0. The van der Waals surface area contributed by atoms with Crippen LogP contribution < -0.4 is 15.8 Å². The zero-order chi connectivity index (χ0) is 18.2. The van der Waals surface area contributed by atoms with Crippen LogP contribution in [0.2, 0.25) is 0 Å². The van der Waals surface area contributed by atoms with Gasteiger partial charge in [0.15, 0.2) is 6.61 Å². The summed E-state index contributed by atoms with van der Waals surface area (Å²) in [5.74, 6) is -0.504. The Kier molecular flexibility index (Phi) is 8.61. The average Bonchev–Trinajstić information content (AvgIpc) is 2.66. The maximum Gasteiger partial charge on any atom is 0.343 e. The molecule has 0 aromatic heterocycles. The summed E-state index contributed by atoms with van der Waals surface area (Å²) in [7, 11) is 1.30. The van der Waals surface area contributed by atoms with Gasteiger partial charge in [-0.2, -0.15) is 0 Å². The van der Waals surface area contributed by atoms with Crippen molar-refractivity contribution in [1.29, 1.82) is 0 Å². The van der Waals surface area contributed by atoms with E-state index < -0.39 is 11.9 Å². The highest BCUT2D eigenvalue weighted by Crippen LogP contribution is 2.22. The predicted octanol–water partition coefficient (Wildman–Crippen LogP) is 2.93. The standard InChI is InChI=1S/C19H22N2O4.ClH/c1-13(18(20)14-6-4-3-5-7-14)19(23)21-15-8-10-16(11-9-15)25-12-17(22)24-2;/h3-11,13,18H,12,20H2,1-2H3,(H,21,23);1H. The molecule has 2 unspecified atom stereocenters. The largest absolute Gasteiger partial charge is 0.482 e. The molecule has 7 heteroatoms. The lowest BCUT2D eigenvalue weighted by atomic mass is 9.94. The van der Waals surface area contributed by atoms with Crippen molar-refractivity contribution in [2.24, 2.45) is 11.7 Å². The van der Waals surface area contributed by atoms with Crippen molar-refractivity contribution in [3.05, 3.63) is 60.2 Å². The molecule has 2 atom stereocenters. The van der Waals surface area contributed by atoms with Gasteiger partial charge < -0.3 is 20.5 Å². The maximum atomic E-state index is 12.4. The Hall–Kier alpha value is -2.57. The van der Waals surface area contributed by atoms with Gasteiger partial charge in [0.1, 0.15) is 5.75 Å². The van der Waals surface area contributed by atoms with Gasteiger partial charge in [-0.1, -0.05) is 37.3 Å². The third-order valence-corrected chi connectivity index (χ3v) is 3.84. The first-order valence-corrected chi connectivity index (χ1v) is 7.92. The van der Waals surface area contributed by atoms with E-state index in [1.165, 1.54) is 7.11 Å². The summed E-state index contributed by atoms with van der Waals surface area (Å²) in [5, 5.41) is 2.83. The highest BCUT2D eigenvalue weighted by atomic mass is 35.5. The lowest BCUT2D eigenvalue weighted by Crippen LogP contribution is -2.30. The minimum Gasteiger partial charge on any atom is -0.482 e. The Bertz CT molecular complexity index is 707. The van der Waals surface area contributed by atoms with Crippen LogP contribution in [0.25, 0.3) is 0 Å².